The summed E-state index contributed by atoms with van der Waals surface area (Å²) in [6.07, 6.45) is 4.72. The molecule has 0 radical (unpaired) electrons. The van der Waals surface area contributed by atoms with Crippen LogP contribution in [0.5, 0.6) is 0 Å². The van der Waals surface area contributed by atoms with Crippen molar-refractivity contribution in [2.24, 2.45) is 23.7 Å². The number of rotatable bonds is 3. The molecule has 1 saturated carbocycles. The molecule has 0 spiro atoms. The predicted molar refractivity (Wildman–Crippen MR) is 78.6 cm³/mol. The van der Waals surface area contributed by atoms with Crippen LogP contribution in [0.1, 0.15) is 27.2 Å². The molecule has 0 aromatic heterocycles. The number of carbonyl (C=O) groups excluding carboxylic acids is 1. The Morgan fingerprint density at radius 3 is 2.10 bits per heavy atom. The van der Waals surface area contributed by atoms with Crippen LogP contribution in [-0.2, 0) is 13.4 Å². The van der Waals surface area contributed by atoms with Gasteiger partial charge < -0.3 is 0 Å². The number of carboxylic acids is 1. The second-order valence-electron chi connectivity index (χ2n) is 7.52. The summed E-state index contributed by atoms with van der Waals surface area (Å²) in [5.74, 6) is 1.93. The van der Waals surface area contributed by atoms with Crippen LogP contribution >= 0.6 is 0 Å². The molecule has 1 fully saturated rings. The van der Waals surface area contributed by atoms with Crippen LogP contribution < -0.4 is 0 Å². The van der Waals surface area contributed by atoms with Crippen LogP contribution in [0, 0.1) is 23.7 Å². The van der Waals surface area contributed by atoms with Gasteiger partial charge in [0, 0.05) is 0 Å². The summed E-state index contributed by atoms with van der Waals surface area (Å²) in [5, 5.41) is 9.39. The van der Waals surface area contributed by atoms with Crippen molar-refractivity contribution in [3.63, 3.8) is 0 Å². The Morgan fingerprint density at radius 1 is 1.15 bits per heavy atom. The van der Waals surface area contributed by atoms with Crippen molar-refractivity contribution in [1.82, 2.24) is 0 Å². The predicted octanol–water partition coefficient (Wildman–Crippen LogP) is 3.06. The van der Waals surface area contributed by atoms with Gasteiger partial charge >= 0.3 is 123 Å². The summed E-state index contributed by atoms with van der Waals surface area (Å²) in [7, 11) is 0. The zero-order valence-electron chi connectivity index (χ0n) is 12.8. The van der Waals surface area contributed by atoms with Crippen LogP contribution in [0.2, 0.25) is 15.8 Å². The SMILES string of the molecule is C[C](C)(C)[Ge]([CH3])([CH3])[O]C(=O)C1C2C=CC(C2)C1C(=O)O. The molecule has 4 atom stereocenters. The zero-order valence-corrected chi connectivity index (χ0v) is 14.9. The van der Waals surface area contributed by atoms with Gasteiger partial charge in [0.1, 0.15) is 0 Å². The van der Waals surface area contributed by atoms with E-state index in [1.807, 2.05) is 12.2 Å². The minimum atomic E-state index is -2.74. The summed E-state index contributed by atoms with van der Waals surface area (Å²) < 4.78 is 5.86. The molecule has 0 aliphatic heterocycles. The van der Waals surface area contributed by atoms with Crippen molar-refractivity contribution < 1.29 is 18.5 Å². The molecule has 0 heterocycles. The molecule has 2 bridgehead atoms. The van der Waals surface area contributed by atoms with Crippen molar-refractivity contribution in [3.05, 3.63) is 12.2 Å². The van der Waals surface area contributed by atoms with Gasteiger partial charge in [-0.25, -0.2) is 0 Å². The van der Waals surface area contributed by atoms with E-state index in [-0.39, 0.29) is 22.1 Å². The molecule has 1 N–H and O–H groups in total. The van der Waals surface area contributed by atoms with E-state index in [0.717, 1.165) is 6.42 Å². The summed E-state index contributed by atoms with van der Waals surface area (Å²) in [5.41, 5.74) is 0. The molecule has 2 rings (SSSR count). The molecule has 5 heteroatoms. The molecule has 2 aliphatic carbocycles. The first-order valence-corrected chi connectivity index (χ1v) is 13.3. The maximum atomic E-state index is 12.5. The van der Waals surface area contributed by atoms with Crippen molar-refractivity contribution >= 4 is 25.5 Å². The molecule has 0 aromatic rings. The van der Waals surface area contributed by atoms with E-state index >= 15 is 0 Å². The van der Waals surface area contributed by atoms with E-state index in [0.29, 0.717) is 0 Å². The molecule has 112 valence electrons. The number of allylic oxidation sites excluding steroid dienone is 2. The molecule has 20 heavy (non-hydrogen) atoms. The third-order valence-corrected chi connectivity index (χ3v) is 14.3. The normalized spacial score (nSPS) is 32.5. The second kappa shape index (κ2) is 4.90. The Morgan fingerprint density at radius 2 is 1.65 bits per heavy atom. The quantitative estimate of drug-likeness (QED) is 0.633. The number of fused-ring (bicyclic) bond motifs is 2. The molecule has 0 amide bonds. The Labute approximate surface area is 123 Å². The van der Waals surface area contributed by atoms with Crippen LogP contribution in [0.4, 0.5) is 0 Å². The van der Waals surface area contributed by atoms with Crippen LogP contribution in [0.25, 0.3) is 0 Å². The molecular weight excluding hydrogens is 317 g/mol. The Bertz CT molecular complexity index is 461. The van der Waals surface area contributed by atoms with Gasteiger partial charge in [-0.3, -0.25) is 0 Å². The fraction of sp³-hybridized carbons (Fsp3) is 0.733. The molecule has 2 aliphatic rings. The van der Waals surface area contributed by atoms with Crippen molar-refractivity contribution in [3.8, 4) is 0 Å². The van der Waals surface area contributed by atoms with Crippen molar-refractivity contribution in [2.45, 2.75) is 43.0 Å². The molecule has 4 nitrogen and oxygen atoms in total. The number of carboxylic acid groups (broad SMARTS) is 1. The average Bonchev–Trinajstić information content (AvgIpc) is 2.85. The van der Waals surface area contributed by atoms with Crippen LogP contribution in [0.3, 0.4) is 0 Å². The van der Waals surface area contributed by atoms with E-state index in [1.165, 1.54) is 0 Å². The van der Waals surface area contributed by atoms with E-state index < -0.39 is 31.4 Å². The monoisotopic (exact) mass is 342 g/mol. The molecular formula is C15H24GeO4. The third-order valence-electron chi connectivity index (χ3n) is 5.18. The second-order valence-corrected chi connectivity index (χ2v) is 17.4. The molecule has 4 unspecified atom stereocenters. The third kappa shape index (κ3) is 2.54. The van der Waals surface area contributed by atoms with Gasteiger partial charge in [0.15, 0.2) is 0 Å². The summed E-state index contributed by atoms with van der Waals surface area (Å²) in [6, 6.07) is 0. The Balaban J connectivity index is 2.17. The van der Waals surface area contributed by atoms with E-state index in [4.69, 9.17) is 3.76 Å². The Kier molecular flexibility index (Phi) is 3.82. The van der Waals surface area contributed by atoms with Gasteiger partial charge in [-0.2, -0.15) is 0 Å². The summed E-state index contributed by atoms with van der Waals surface area (Å²) in [4.78, 5) is 24.0. The van der Waals surface area contributed by atoms with Crippen LogP contribution in [-0.4, -0.2) is 30.6 Å². The number of aliphatic carboxylic acids is 1. The van der Waals surface area contributed by atoms with Crippen molar-refractivity contribution in [1.29, 1.82) is 0 Å². The van der Waals surface area contributed by atoms with Gasteiger partial charge in [0.2, 0.25) is 0 Å². The zero-order chi connectivity index (χ0) is 15.3. The topological polar surface area (TPSA) is 63.6 Å². The average molecular weight is 341 g/mol. The first-order chi connectivity index (χ1) is 9.04. The van der Waals surface area contributed by atoms with Crippen molar-refractivity contribution in [2.75, 3.05) is 0 Å². The van der Waals surface area contributed by atoms with E-state index in [2.05, 4.69) is 32.3 Å². The first-order valence-electron chi connectivity index (χ1n) is 7.18. The van der Waals surface area contributed by atoms with Gasteiger partial charge in [-0.05, 0) is 0 Å². The van der Waals surface area contributed by atoms with E-state index in [1.54, 1.807) is 0 Å². The fourth-order valence-corrected chi connectivity index (χ4v) is 4.94. The number of hydrogen-bond acceptors (Lipinski definition) is 3. The Hall–Kier alpha value is -0.777. The number of hydrogen-bond donors (Lipinski definition) is 1. The van der Waals surface area contributed by atoms with Gasteiger partial charge in [-0.1, -0.05) is 0 Å². The maximum absolute atomic E-state index is 12.5. The molecule has 0 saturated heterocycles. The molecule has 0 aromatic carbocycles. The van der Waals surface area contributed by atoms with Gasteiger partial charge in [-0.15, -0.1) is 0 Å². The summed E-state index contributed by atoms with van der Waals surface area (Å²) >= 11 is -2.74. The fourth-order valence-electron chi connectivity index (χ4n) is 2.95. The standard InChI is InChI=1S/C15H24GeO4/c1-15(2,3)16(4,5)20-14(19)12-10-7-6-9(8-10)11(12)13(17)18/h6-7,9-12H,8H2,1-5H3,(H,17,18). The number of carbonyl (C=O) groups is 2. The summed E-state index contributed by atoms with van der Waals surface area (Å²) in [6.45, 7) is 6.28. The van der Waals surface area contributed by atoms with Crippen LogP contribution in [0.15, 0.2) is 12.2 Å². The first kappa shape index (κ1) is 15.6. The van der Waals surface area contributed by atoms with Gasteiger partial charge in [0.05, 0.1) is 0 Å². The van der Waals surface area contributed by atoms with E-state index in [9.17, 15) is 14.7 Å². The minimum absolute atomic E-state index is 0.000277. The van der Waals surface area contributed by atoms with Gasteiger partial charge in [0.25, 0.3) is 0 Å².